The van der Waals surface area contributed by atoms with E-state index in [1.54, 1.807) is 0 Å². The molecule has 2 rings (SSSR count). The number of likely N-dealkylation sites (N-methyl/N-ethyl adjacent to an activating group) is 1. The van der Waals surface area contributed by atoms with Crippen molar-refractivity contribution in [1.82, 2.24) is 10.2 Å². The van der Waals surface area contributed by atoms with Gasteiger partial charge in [-0.2, -0.15) is 0 Å². The Morgan fingerprint density at radius 2 is 1.84 bits per heavy atom. The third-order valence-electron chi connectivity index (χ3n) is 3.07. The van der Waals surface area contributed by atoms with Gasteiger partial charge in [-0.05, 0) is 12.1 Å². The van der Waals surface area contributed by atoms with Crippen LogP contribution in [0, 0.1) is 0 Å². The average Bonchev–Trinajstić information content (AvgIpc) is 2.43. The van der Waals surface area contributed by atoms with Crippen molar-refractivity contribution >= 4 is 11.8 Å². The van der Waals surface area contributed by atoms with Crippen LogP contribution in [-0.2, 0) is 14.3 Å². The lowest BCUT2D eigenvalue weighted by Gasteiger charge is -2.29. The second-order valence-corrected chi connectivity index (χ2v) is 4.41. The standard InChI is InChI=1S/C14H18N2O3/c1-2-15-12(11-6-4-3-5-7-11)8-16-13(17)9-19-10-14(16)18/h3-7,12,15H,2,8-10H2,1H3. The summed E-state index contributed by atoms with van der Waals surface area (Å²) in [6.07, 6.45) is 0. The molecular formula is C14H18N2O3. The molecule has 0 aliphatic carbocycles. The molecule has 1 heterocycles. The highest BCUT2D eigenvalue weighted by Gasteiger charge is 2.29. The van der Waals surface area contributed by atoms with E-state index >= 15 is 0 Å². The van der Waals surface area contributed by atoms with E-state index in [0.29, 0.717) is 6.54 Å². The molecule has 1 aliphatic rings. The summed E-state index contributed by atoms with van der Waals surface area (Å²) in [6.45, 7) is 3.09. The second-order valence-electron chi connectivity index (χ2n) is 4.41. The van der Waals surface area contributed by atoms with Crippen molar-refractivity contribution < 1.29 is 14.3 Å². The van der Waals surface area contributed by atoms with Crippen molar-refractivity contribution in [2.75, 3.05) is 26.3 Å². The van der Waals surface area contributed by atoms with Crippen LogP contribution in [0.15, 0.2) is 30.3 Å². The Labute approximate surface area is 112 Å². The van der Waals surface area contributed by atoms with Crippen molar-refractivity contribution in [3.63, 3.8) is 0 Å². The van der Waals surface area contributed by atoms with Crippen molar-refractivity contribution in [2.45, 2.75) is 13.0 Å². The van der Waals surface area contributed by atoms with E-state index < -0.39 is 0 Å². The average molecular weight is 262 g/mol. The number of hydrogen-bond donors (Lipinski definition) is 1. The highest BCUT2D eigenvalue weighted by Crippen LogP contribution is 2.15. The van der Waals surface area contributed by atoms with E-state index in [2.05, 4.69) is 5.32 Å². The number of nitrogens with one attached hydrogen (secondary N) is 1. The molecule has 1 unspecified atom stereocenters. The topological polar surface area (TPSA) is 58.6 Å². The Hall–Kier alpha value is -1.72. The zero-order valence-corrected chi connectivity index (χ0v) is 11.0. The minimum atomic E-state index is -0.268. The molecule has 1 atom stereocenters. The predicted octanol–water partition coefficient (Wildman–Crippen LogP) is 0.723. The zero-order chi connectivity index (χ0) is 13.7. The van der Waals surface area contributed by atoms with Gasteiger partial charge in [0.1, 0.15) is 13.2 Å². The Bertz CT molecular complexity index is 431. The maximum Gasteiger partial charge on any atom is 0.255 e. The van der Waals surface area contributed by atoms with Gasteiger partial charge in [-0.25, -0.2) is 0 Å². The molecule has 1 aromatic carbocycles. The summed E-state index contributed by atoms with van der Waals surface area (Å²) in [6, 6.07) is 9.77. The van der Waals surface area contributed by atoms with Crippen LogP contribution < -0.4 is 5.32 Å². The van der Waals surface area contributed by atoms with E-state index in [9.17, 15) is 9.59 Å². The summed E-state index contributed by atoms with van der Waals surface area (Å²) in [5.41, 5.74) is 1.07. The number of morpholine rings is 1. The molecule has 2 amide bonds. The molecule has 1 saturated heterocycles. The summed E-state index contributed by atoms with van der Waals surface area (Å²) < 4.78 is 4.91. The van der Waals surface area contributed by atoms with Gasteiger partial charge in [0.25, 0.3) is 11.8 Å². The monoisotopic (exact) mass is 262 g/mol. The quantitative estimate of drug-likeness (QED) is 0.794. The molecule has 1 fully saturated rings. The molecule has 0 spiro atoms. The molecule has 0 bridgehead atoms. The smallest absolute Gasteiger partial charge is 0.255 e. The van der Waals surface area contributed by atoms with Crippen LogP contribution in [0.1, 0.15) is 18.5 Å². The van der Waals surface area contributed by atoms with Crippen LogP contribution in [-0.4, -0.2) is 43.0 Å². The number of carbonyl (C=O) groups excluding carboxylic acids is 2. The molecule has 0 radical (unpaired) electrons. The fourth-order valence-corrected chi connectivity index (χ4v) is 2.13. The lowest BCUT2D eigenvalue weighted by molar-refractivity contribution is -0.158. The Kier molecular flexibility index (Phi) is 4.65. The summed E-state index contributed by atoms with van der Waals surface area (Å²) in [5.74, 6) is -0.537. The fourth-order valence-electron chi connectivity index (χ4n) is 2.13. The fraction of sp³-hybridized carbons (Fsp3) is 0.429. The molecule has 0 aromatic heterocycles. The Balaban J connectivity index is 2.12. The minimum absolute atomic E-state index is 0.0145. The Morgan fingerprint density at radius 1 is 1.21 bits per heavy atom. The highest BCUT2D eigenvalue weighted by molar-refractivity contribution is 5.98. The van der Waals surface area contributed by atoms with Gasteiger partial charge in [0.15, 0.2) is 0 Å². The third-order valence-corrected chi connectivity index (χ3v) is 3.07. The van der Waals surface area contributed by atoms with Crippen molar-refractivity contribution in [3.05, 3.63) is 35.9 Å². The van der Waals surface area contributed by atoms with Crippen LogP contribution >= 0.6 is 0 Å². The number of amides is 2. The summed E-state index contributed by atoms with van der Waals surface area (Å²) >= 11 is 0. The Morgan fingerprint density at radius 3 is 2.42 bits per heavy atom. The molecule has 1 aromatic rings. The maximum absolute atomic E-state index is 11.7. The lowest BCUT2D eigenvalue weighted by Crippen LogP contribution is -2.49. The van der Waals surface area contributed by atoms with E-state index in [-0.39, 0.29) is 31.1 Å². The highest BCUT2D eigenvalue weighted by atomic mass is 16.5. The number of nitrogens with zero attached hydrogens (tertiary/aromatic N) is 1. The summed E-state index contributed by atoms with van der Waals surface area (Å²) in [7, 11) is 0. The predicted molar refractivity (Wildman–Crippen MR) is 70.4 cm³/mol. The van der Waals surface area contributed by atoms with Gasteiger partial charge in [-0.15, -0.1) is 0 Å². The first-order valence-corrected chi connectivity index (χ1v) is 6.41. The summed E-state index contributed by atoms with van der Waals surface area (Å²) in [4.78, 5) is 24.7. The second kappa shape index (κ2) is 6.45. The molecule has 102 valence electrons. The molecule has 5 nitrogen and oxygen atoms in total. The van der Waals surface area contributed by atoms with Gasteiger partial charge in [0.05, 0.1) is 6.04 Å². The number of hydrogen-bond acceptors (Lipinski definition) is 4. The number of carbonyl (C=O) groups is 2. The van der Waals surface area contributed by atoms with Gasteiger partial charge in [-0.1, -0.05) is 37.3 Å². The molecule has 19 heavy (non-hydrogen) atoms. The van der Waals surface area contributed by atoms with Gasteiger partial charge < -0.3 is 10.1 Å². The van der Waals surface area contributed by atoms with Crippen LogP contribution in [0.25, 0.3) is 0 Å². The van der Waals surface area contributed by atoms with E-state index in [1.165, 1.54) is 4.90 Å². The third kappa shape index (κ3) is 3.39. The van der Waals surface area contributed by atoms with Gasteiger partial charge >= 0.3 is 0 Å². The summed E-state index contributed by atoms with van der Waals surface area (Å²) in [5, 5.41) is 3.30. The zero-order valence-electron chi connectivity index (χ0n) is 11.0. The lowest BCUT2D eigenvalue weighted by atomic mass is 10.1. The van der Waals surface area contributed by atoms with Crippen molar-refractivity contribution in [2.24, 2.45) is 0 Å². The number of rotatable bonds is 5. The molecule has 1 aliphatic heterocycles. The van der Waals surface area contributed by atoms with Crippen molar-refractivity contribution in [3.8, 4) is 0 Å². The normalized spacial score (nSPS) is 17.6. The van der Waals surface area contributed by atoms with E-state index in [4.69, 9.17) is 4.74 Å². The first-order chi connectivity index (χ1) is 9.22. The number of benzene rings is 1. The maximum atomic E-state index is 11.7. The van der Waals surface area contributed by atoms with Crippen LogP contribution in [0.2, 0.25) is 0 Å². The van der Waals surface area contributed by atoms with Gasteiger partial charge in [-0.3, -0.25) is 14.5 Å². The first kappa shape index (κ1) is 13.7. The SMILES string of the molecule is CCNC(CN1C(=O)COCC1=O)c1ccccc1. The van der Waals surface area contributed by atoms with Crippen LogP contribution in [0.5, 0.6) is 0 Å². The minimum Gasteiger partial charge on any atom is -0.362 e. The molecule has 1 N–H and O–H groups in total. The molecule has 5 heteroatoms. The van der Waals surface area contributed by atoms with Gasteiger partial charge in [0.2, 0.25) is 0 Å². The van der Waals surface area contributed by atoms with E-state index in [0.717, 1.165) is 12.1 Å². The first-order valence-electron chi connectivity index (χ1n) is 6.41. The molecule has 0 saturated carbocycles. The largest absolute Gasteiger partial charge is 0.362 e. The van der Waals surface area contributed by atoms with Gasteiger partial charge in [0, 0.05) is 6.54 Å². The van der Waals surface area contributed by atoms with Crippen molar-refractivity contribution in [1.29, 1.82) is 0 Å². The van der Waals surface area contributed by atoms with E-state index in [1.807, 2.05) is 37.3 Å². The van der Waals surface area contributed by atoms with Crippen LogP contribution in [0.3, 0.4) is 0 Å². The number of ether oxygens (including phenoxy) is 1. The molecular weight excluding hydrogens is 244 g/mol. The van der Waals surface area contributed by atoms with Crippen LogP contribution in [0.4, 0.5) is 0 Å². The number of imide groups is 1.